The summed E-state index contributed by atoms with van der Waals surface area (Å²) in [5.74, 6) is 0. The summed E-state index contributed by atoms with van der Waals surface area (Å²) in [7, 11) is -1.67. The van der Waals surface area contributed by atoms with Gasteiger partial charge in [-0.15, -0.1) is 0 Å². The molecule has 0 amide bonds. The van der Waals surface area contributed by atoms with Crippen molar-refractivity contribution in [1.29, 1.82) is 0 Å². The van der Waals surface area contributed by atoms with Gasteiger partial charge in [0.15, 0.2) is 0 Å². The molecule has 0 spiro atoms. The Morgan fingerprint density at radius 1 is 1.19 bits per heavy atom. The fourth-order valence-corrected chi connectivity index (χ4v) is 4.82. The third kappa shape index (κ3) is 4.90. The van der Waals surface area contributed by atoms with Crippen LogP contribution in [-0.2, 0) is 10.0 Å². The standard InChI is InChI=1S/C17H22N4O4S2/c1-19-7-9-20(10-8-19)17(14-6-11-26-13-14)12-18-27(24,25)16-4-2-15(3-5-16)21(22)23/h2-6,11,13,17-18H,7-10,12H2,1H3. The zero-order valence-electron chi connectivity index (χ0n) is 14.9. The van der Waals surface area contributed by atoms with Crippen LogP contribution in [0, 0.1) is 10.1 Å². The van der Waals surface area contributed by atoms with Crippen LogP contribution in [0.1, 0.15) is 11.6 Å². The summed E-state index contributed by atoms with van der Waals surface area (Å²) < 4.78 is 27.9. The minimum absolute atomic E-state index is 0.0237. The Hall–Kier alpha value is -1.85. The Balaban J connectivity index is 1.73. The van der Waals surface area contributed by atoms with E-state index in [0.717, 1.165) is 31.7 Å². The third-order valence-electron chi connectivity index (χ3n) is 4.73. The van der Waals surface area contributed by atoms with Crippen LogP contribution in [0.5, 0.6) is 0 Å². The van der Waals surface area contributed by atoms with Gasteiger partial charge in [-0.3, -0.25) is 15.0 Å². The molecule has 1 aliphatic heterocycles. The summed E-state index contributed by atoms with van der Waals surface area (Å²) in [6.07, 6.45) is 0. The summed E-state index contributed by atoms with van der Waals surface area (Å²) in [6, 6.07) is 6.90. The second-order valence-corrected chi connectivity index (χ2v) is 9.06. The number of hydrogen-bond donors (Lipinski definition) is 1. The lowest BCUT2D eigenvalue weighted by Gasteiger charge is -2.37. The van der Waals surface area contributed by atoms with E-state index >= 15 is 0 Å². The molecule has 0 saturated carbocycles. The molecule has 27 heavy (non-hydrogen) atoms. The zero-order chi connectivity index (χ0) is 19.4. The molecule has 3 rings (SSSR count). The average molecular weight is 411 g/mol. The van der Waals surface area contributed by atoms with Gasteiger partial charge in [-0.1, -0.05) is 0 Å². The van der Waals surface area contributed by atoms with Crippen molar-refractivity contribution in [3.05, 3.63) is 56.8 Å². The maximum Gasteiger partial charge on any atom is 0.269 e. The molecule has 10 heteroatoms. The first kappa shape index (κ1) is 19.9. The second kappa shape index (κ2) is 8.44. The summed E-state index contributed by atoms with van der Waals surface area (Å²) >= 11 is 1.59. The van der Waals surface area contributed by atoms with Crippen molar-refractivity contribution < 1.29 is 13.3 Å². The molecule has 1 atom stereocenters. The number of nitrogens with zero attached hydrogens (tertiary/aromatic N) is 3. The lowest BCUT2D eigenvalue weighted by Crippen LogP contribution is -2.48. The topological polar surface area (TPSA) is 95.8 Å². The molecule has 2 heterocycles. The Kier molecular flexibility index (Phi) is 6.22. The van der Waals surface area contributed by atoms with Gasteiger partial charge in [0, 0.05) is 50.9 Å². The molecule has 0 radical (unpaired) electrons. The van der Waals surface area contributed by atoms with Gasteiger partial charge in [-0.25, -0.2) is 13.1 Å². The molecule has 1 saturated heterocycles. The molecule has 0 bridgehead atoms. The first-order valence-corrected chi connectivity index (χ1v) is 11.0. The highest BCUT2D eigenvalue weighted by molar-refractivity contribution is 7.89. The summed E-state index contributed by atoms with van der Waals surface area (Å²) in [6.45, 7) is 3.87. The van der Waals surface area contributed by atoms with E-state index in [0.29, 0.717) is 0 Å². The fourth-order valence-electron chi connectivity index (χ4n) is 3.07. The third-order valence-corrected chi connectivity index (χ3v) is 6.87. The SMILES string of the molecule is CN1CCN(C(CNS(=O)(=O)c2ccc([N+](=O)[O-])cc2)c2ccsc2)CC1. The number of nitro groups is 1. The monoisotopic (exact) mass is 410 g/mol. The van der Waals surface area contributed by atoms with Crippen LogP contribution in [0.4, 0.5) is 5.69 Å². The number of hydrogen-bond acceptors (Lipinski definition) is 7. The van der Waals surface area contributed by atoms with E-state index in [1.807, 2.05) is 16.8 Å². The van der Waals surface area contributed by atoms with Crippen molar-refractivity contribution in [2.75, 3.05) is 39.8 Å². The van der Waals surface area contributed by atoms with Crippen molar-refractivity contribution in [1.82, 2.24) is 14.5 Å². The zero-order valence-corrected chi connectivity index (χ0v) is 16.6. The number of thiophene rings is 1. The van der Waals surface area contributed by atoms with Gasteiger partial charge in [0.1, 0.15) is 0 Å². The van der Waals surface area contributed by atoms with Gasteiger partial charge in [-0.2, -0.15) is 11.3 Å². The molecule has 1 aromatic heterocycles. The van der Waals surface area contributed by atoms with Crippen molar-refractivity contribution in [2.24, 2.45) is 0 Å². The smallest absolute Gasteiger partial charge is 0.269 e. The molecular formula is C17H22N4O4S2. The number of nitro benzene ring substituents is 1. The van der Waals surface area contributed by atoms with E-state index in [1.54, 1.807) is 11.3 Å². The summed E-state index contributed by atoms with van der Waals surface area (Å²) in [5, 5.41) is 14.8. The normalized spacial score (nSPS) is 17.7. The minimum Gasteiger partial charge on any atom is -0.304 e. The quantitative estimate of drug-likeness (QED) is 0.553. The maximum atomic E-state index is 12.6. The van der Waals surface area contributed by atoms with Crippen LogP contribution in [0.2, 0.25) is 0 Å². The number of nitrogens with one attached hydrogen (secondary N) is 1. The Labute approximate surface area is 162 Å². The highest BCUT2D eigenvalue weighted by Gasteiger charge is 2.26. The lowest BCUT2D eigenvalue weighted by molar-refractivity contribution is -0.384. The molecule has 0 aliphatic carbocycles. The van der Waals surface area contributed by atoms with E-state index in [-0.39, 0.29) is 23.2 Å². The maximum absolute atomic E-state index is 12.6. The van der Waals surface area contributed by atoms with Gasteiger partial charge in [0.2, 0.25) is 10.0 Å². The molecule has 1 fully saturated rings. The molecule has 1 aromatic carbocycles. The van der Waals surface area contributed by atoms with Crippen LogP contribution in [0.25, 0.3) is 0 Å². The molecule has 1 unspecified atom stereocenters. The molecule has 2 aromatic rings. The van der Waals surface area contributed by atoms with Crippen LogP contribution < -0.4 is 4.72 Å². The van der Waals surface area contributed by atoms with Crippen molar-refractivity contribution in [3.63, 3.8) is 0 Å². The predicted octanol–water partition coefficient (Wildman–Crippen LogP) is 1.92. The highest BCUT2D eigenvalue weighted by Crippen LogP contribution is 2.24. The van der Waals surface area contributed by atoms with E-state index in [2.05, 4.69) is 21.6 Å². The minimum atomic E-state index is -3.74. The Morgan fingerprint density at radius 3 is 2.41 bits per heavy atom. The van der Waals surface area contributed by atoms with E-state index < -0.39 is 14.9 Å². The number of non-ortho nitro benzene ring substituents is 1. The molecule has 8 nitrogen and oxygen atoms in total. The number of rotatable bonds is 7. The van der Waals surface area contributed by atoms with Crippen molar-refractivity contribution >= 4 is 27.0 Å². The predicted molar refractivity (Wildman–Crippen MR) is 104 cm³/mol. The average Bonchev–Trinajstić information content (AvgIpc) is 3.18. The van der Waals surface area contributed by atoms with Gasteiger partial charge < -0.3 is 4.90 Å². The first-order valence-electron chi connectivity index (χ1n) is 8.55. The number of likely N-dealkylation sites (N-methyl/N-ethyl adjacent to an activating group) is 1. The van der Waals surface area contributed by atoms with Crippen molar-refractivity contribution in [2.45, 2.75) is 10.9 Å². The van der Waals surface area contributed by atoms with E-state index in [1.165, 1.54) is 24.3 Å². The van der Waals surface area contributed by atoms with Crippen LogP contribution in [0.3, 0.4) is 0 Å². The summed E-state index contributed by atoms with van der Waals surface area (Å²) in [4.78, 5) is 14.8. The van der Waals surface area contributed by atoms with E-state index in [4.69, 9.17) is 0 Å². The van der Waals surface area contributed by atoms with Crippen LogP contribution in [-0.4, -0.2) is 62.9 Å². The van der Waals surface area contributed by atoms with Crippen LogP contribution >= 0.6 is 11.3 Å². The van der Waals surface area contributed by atoms with E-state index in [9.17, 15) is 18.5 Å². The second-order valence-electron chi connectivity index (χ2n) is 6.51. The molecular weight excluding hydrogens is 388 g/mol. The lowest BCUT2D eigenvalue weighted by atomic mass is 10.1. The molecule has 1 N–H and O–H groups in total. The van der Waals surface area contributed by atoms with Gasteiger partial charge in [0.05, 0.1) is 9.82 Å². The Morgan fingerprint density at radius 2 is 1.85 bits per heavy atom. The number of sulfonamides is 1. The molecule has 1 aliphatic rings. The van der Waals surface area contributed by atoms with Gasteiger partial charge >= 0.3 is 0 Å². The van der Waals surface area contributed by atoms with Gasteiger partial charge in [-0.05, 0) is 41.6 Å². The summed E-state index contributed by atoms with van der Waals surface area (Å²) in [5.41, 5.74) is 0.957. The van der Waals surface area contributed by atoms with Gasteiger partial charge in [0.25, 0.3) is 5.69 Å². The number of benzene rings is 1. The fraction of sp³-hybridized carbons (Fsp3) is 0.412. The van der Waals surface area contributed by atoms with Crippen LogP contribution in [0.15, 0.2) is 46.0 Å². The molecule has 146 valence electrons. The highest BCUT2D eigenvalue weighted by atomic mass is 32.2. The largest absolute Gasteiger partial charge is 0.304 e. The van der Waals surface area contributed by atoms with Crippen molar-refractivity contribution in [3.8, 4) is 0 Å². The Bertz CT molecular complexity index is 861. The first-order chi connectivity index (χ1) is 12.9. The number of piperazine rings is 1.